The highest BCUT2D eigenvalue weighted by atomic mass is 16.5. The number of methoxy groups -OCH3 is 1. The van der Waals surface area contributed by atoms with Gasteiger partial charge in [-0.15, -0.1) is 0 Å². The third-order valence-electron chi connectivity index (χ3n) is 4.22. The highest BCUT2D eigenvalue weighted by molar-refractivity contribution is 5.92. The lowest BCUT2D eigenvalue weighted by molar-refractivity contribution is -0.118. The second kappa shape index (κ2) is 9.46. The van der Waals surface area contributed by atoms with Gasteiger partial charge >= 0.3 is 0 Å². The molecule has 3 aromatic rings. The molecule has 0 unspecified atom stereocenters. The average molecular weight is 376 g/mol. The van der Waals surface area contributed by atoms with Gasteiger partial charge in [0.2, 0.25) is 0 Å². The van der Waals surface area contributed by atoms with Crippen LogP contribution in [0, 0.1) is 6.92 Å². The molecule has 3 aromatic carbocycles. The minimum absolute atomic E-state index is 0.0272. The van der Waals surface area contributed by atoms with Crippen molar-refractivity contribution in [1.82, 2.24) is 0 Å². The molecule has 0 atom stereocenters. The molecule has 0 radical (unpaired) electrons. The van der Waals surface area contributed by atoms with E-state index in [0.29, 0.717) is 12.3 Å². The standard InChI is InChI=1S/C23H24N2O3/c1-17-3-11-22(12-4-17)28-16-23(26)25-20-9-7-19(8-10-20)24-15-18-5-13-21(27-2)14-6-18/h3-14,24H,15-16H2,1-2H3,(H,25,26). The molecule has 0 saturated heterocycles. The molecule has 5 nitrogen and oxygen atoms in total. The van der Waals surface area contributed by atoms with Crippen LogP contribution < -0.4 is 20.1 Å². The van der Waals surface area contributed by atoms with Gasteiger partial charge in [-0.2, -0.15) is 0 Å². The van der Waals surface area contributed by atoms with Crippen molar-refractivity contribution in [2.45, 2.75) is 13.5 Å². The molecule has 0 aliphatic rings. The van der Waals surface area contributed by atoms with E-state index >= 15 is 0 Å². The van der Waals surface area contributed by atoms with Crippen molar-refractivity contribution in [3.63, 3.8) is 0 Å². The molecule has 144 valence electrons. The zero-order valence-corrected chi connectivity index (χ0v) is 16.1. The van der Waals surface area contributed by atoms with E-state index in [1.165, 1.54) is 0 Å². The smallest absolute Gasteiger partial charge is 0.262 e. The number of carbonyl (C=O) groups excluding carboxylic acids is 1. The Morgan fingerprint density at radius 3 is 2.07 bits per heavy atom. The maximum atomic E-state index is 12.0. The number of anilines is 2. The van der Waals surface area contributed by atoms with Crippen LogP contribution in [0.4, 0.5) is 11.4 Å². The second-order valence-corrected chi connectivity index (χ2v) is 6.43. The molecule has 2 N–H and O–H groups in total. The molecule has 5 heteroatoms. The zero-order chi connectivity index (χ0) is 19.8. The first-order chi connectivity index (χ1) is 13.6. The summed E-state index contributed by atoms with van der Waals surface area (Å²) in [6.45, 7) is 2.69. The number of ether oxygens (including phenoxy) is 2. The third kappa shape index (κ3) is 5.77. The van der Waals surface area contributed by atoms with Crippen molar-refractivity contribution >= 4 is 17.3 Å². The van der Waals surface area contributed by atoms with E-state index in [-0.39, 0.29) is 12.5 Å². The number of aryl methyl sites for hydroxylation is 1. The number of hydrogen-bond acceptors (Lipinski definition) is 4. The van der Waals surface area contributed by atoms with Gasteiger partial charge in [-0.3, -0.25) is 4.79 Å². The first-order valence-corrected chi connectivity index (χ1v) is 9.08. The molecule has 0 heterocycles. The van der Waals surface area contributed by atoms with Crippen molar-refractivity contribution in [2.75, 3.05) is 24.4 Å². The molecule has 0 aliphatic carbocycles. The summed E-state index contributed by atoms with van der Waals surface area (Å²) < 4.78 is 10.6. The van der Waals surface area contributed by atoms with Crippen LogP contribution in [0.5, 0.6) is 11.5 Å². The lowest BCUT2D eigenvalue weighted by atomic mass is 10.2. The Labute approximate surface area is 165 Å². The van der Waals surface area contributed by atoms with Crippen molar-refractivity contribution in [3.05, 3.63) is 83.9 Å². The van der Waals surface area contributed by atoms with E-state index in [4.69, 9.17) is 9.47 Å². The van der Waals surface area contributed by atoms with Crippen molar-refractivity contribution in [2.24, 2.45) is 0 Å². The fourth-order valence-electron chi connectivity index (χ4n) is 2.60. The van der Waals surface area contributed by atoms with Crippen LogP contribution in [0.25, 0.3) is 0 Å². The minimum Gasteiger partial charge on any atom is -0.497 e. The molecule has 28 heavy (non-hydrogen) atoms. The van der Waals surface area contributed by atoms with Gasteiger partial charge in [-0.1, -0.05) is 29.8 Å². The van der Waals surface area contributed by atoms with Gasteiger partial charge in [0, 0.05) is 17.9 Å². The van der Waals surface area contributed by atoms with E-state index in [2.05, 4.69) is 10.6 Å². The van der Waals surface area contributed by atoms with E-state index in [0.717, 1.165) is 28.3 Å². The fraction of sp³-hybridized carbons (Fsp3) is 0.174. The van der Waals surface area contributed by atoms with E-state index in [9.17, 15) is 4.79 Å². The third-order valence-corrected chi connectivity index (χ3v) is 4.22. The summed E-state index contributed by atoms with van der Waals surface area (Å²) in [5.41, 5.74) is 4.01. The van der Waals surface area contributed by atoms with E-state index in [1.54, 1.807) is 7.11 Å². The van der Waals surface area contributed by atoms with Crippen LogP contribution in [-0.4, -0.2) is 19.6 Å². The van der Waals surface area contributed by atoms with Gasteiger partial charge in [0.25, 0.3) is 5.91 Å². The van der Waals surface area contributed by atoms with Crippen LogP contribution in [0.15, 0.2) is 72.8 Å². The Bertz CT molecular complexity index is 889. The second-order valence-electron chi connectivity index (χ2n) is 6.43. The number of rotatable bonds is 8. The summed E-state index contributed by atoms with van der Waals surface area (Å²) >= 11 is 0. The average Bonchev–Trinajstić information content (AvgIpc) is 2.73. The van der Waals surface area contributed by atoms with Gasteiger partial charge in [0.1, 0.15) is 11.5 Å². The molecule has 0 fully saturated rings. The molecule has 0 bridgehead atoms. The topological polar surface area (TPSA) is 59.6 Å². The van der Waals surface area contributed by atoms with Crippen LogP contribution in [0.2, 0.25) is 0 Å². The number of amides is 1. The normalized spacial score (nSPS) is 10.2. The largest absolute Gasteiger partial charge is 0.497 e. The van der Waals surface area contributed by atoms with Crippen LogP contribution in [-0.2, 0) is 11.3 Å². The first kappa shape index (κ1) is 19.3. The molecule has 3 rings (SSSR count). The van der Waals surface area contributed by atoms with Gasteiger partial charge in [-0.25, -0.2) is 0 Å². The number of nitrogens with one attached hydrogen (secondary N) is 2. The molecule has 0 saturated carbocycles. The number of carbonyl (C=O) groups is 1. The van der Waals surface area contributed by atoms with Gasteiger partial charge in [0.15, 0.2) is 6.61 Å². The molecule has 0 aromatic heterocycles. The van der Waals surface area contributed by atoms with Crippen LogP contribution in [0.3, 0.4) is 0 Å². The summed E-state index contributed by atoms with van der Waals surface area (Å²) in [7, 11) is 1.65. The summed E-state index contributed by atoms with van der Waals surface area (Å²) in [6, 6.07) is 23.1. The Morgan fingerprint density at radius 2 is 1.43 bits per heavy atom. The minimum atomic E-state index is -0.195. The Morgan fingerprint density at radius 1 is 0.821 bits per heavy atom. The van der Waals surface area contributed by atoms with Gasteiger partial charge in [-0.05, 0) is 61.0 Å². The zero-order valence-electron chi connectivity index (χ0n) is 16.1. The van der Waals surface area contributed by atoms with Crippen molar-refractivity contribution < 1.29 is 14.3 Å². The predicted octanol–water partition coefficient (Wildman–Crippen LogP) is 4.63. The summed E-state index contributed by atoms with van der Waals surface area (Å²) in [6.07, 6.45) is 0. The SMILES string of the molecule is COc1ccc(CNc2ccc(NC(=O)COc3ccc(C)cc3)cc2)cc1. The molecule has 0 spiro atoms. The summed E-state index contributed by atoms with van der Waals surface area (Å²) in [5.74, 6) is 1.33. The van der Waals surface area contributed by atoms with Gasteiger partial charge in [0.05, 0.1) is 7.11 Å². The Balaban J connectivity index is 1.45. The maximum absolute atomic E-state index is 12.0. The monoisotopic (exact) mass is 376 g/mol. The first-order valence-electron chi connectivity index (χ1n) is 9.08. The summed E-state index contributed by atoms with van der Waals surface area (Å²) in [4.78, 5) is 12.0. The quantitative estimate of drug-likeness (QED) is 0.602. The Kier molecular flexibility index (Phi) is 6.52. The van der Waals surface area contributed by atoms with Crippen molar-refractivity contribution in [1.29, 1.82) is 0 Å². The molecular weight excluding hydrogens is 352 g/mol. The fourth-order valence-corrected chi connectivity index (χ4v) is 2.60. The van der Waals surface area contributed by atoms with Crippen LogP contribution >= 0.6 is 0 Å². The van der Waals surface area contributed by atoms with E-state index < -0.39 is 0 Å². The van der Waals surface area contributed by atoms with Crippen molar-refractivity contribution in [3.8, 4) is 11.5 Å². The lowest BCUT2D eigenvalue weighted by Gasteiger charge is -2.10. The predicted molar refractivity (Wildman–Crippen MR) is 112 cm³/mol. The van der Waals surface area contributed by atoms with Crippen LogP contribution in [0.1, 0.15) is 11.1 Å². The molecule has 1 amide bonds. The van der Waals surface area contributed by atoms with Gasteiger partial charge < -0.3 is 20.1 Å². The Hall–Kier alpha value is -3.47. The number of benzene rings is 3. The molecular formula is C23H24N2O3. The molecule has 0 aliphatic heterocycles. The maximum Gasteiger partial charge on any atom is 0.262 e. The highest BCUT2D eigenvalue weighted by Crippen LogP contribution is 2.17. The highest BCUT2D eigenvalue weighted by Gasteiger charge is 2.04. The van der Waals surface area contributed by atoms with E-state index in [1.807, 2.05) is 79.7 Å². The lowest BCUT2D eigenvalue weighted by Crippen LogP contribution is -2.20. The summed E-state index contributed by atoms with van der Waals surface area (Å²) in [5, 5.41) is 6.18. The number of hydrogen-bond donors (Lipinski definition) is 2.